The Morgan fingerprint density at radius 1 is 0.488 bits per heavy atom. The molecule has 0 saturated carbocycles. The first kappa shape index (κ1) is 20.5. The van der Waals surface area contributed by atoms with E-state index in [-0.39, 0.29) is 6.71 Å². The molecule has 0 spiro atoms. The van der Waals surface area contributed by atoms with E-state index in [0.717, 1.165) is 33.8 Å². The zero-order valence-corrected chi connectivity index (χ0v) is 21.8. The fourth-order valence-electron chi connectivity index (χ4n) is 7.97. The summed E-state index contributed by atoms with van der Waals surface area (Å²) < 4.78 is 4.86. The van der Waals surface area contributed by atoms with E-state index in [2.05, 4.69) is 124 Å². The van der Waals surface area contributed by atoms with Gasteiger partial charge < -0.3 is 0 Å². The SMILES string of the molecule is c1ccc(-c2nc3ccc4c5c3n2-c2cccc3c2B5c2c5c-4cccc5cc4nc(-c5ccccc5)n-3c24)cc1. The van der Waals surface area contributed by atoms with Gasteiger partial charge in [-0.15, -0.1) is 0 Å². The monoisotopic (exact) mass is 518 g/mol. The van der Waals surface area contributed by atoms with Gasteiger partial charge in [0.15, 0.2) is 0 Å². The van der Waals surface area contributed by atoms with Crippen molar-refractivity contribution in [2.75, 3.05) is 0 Å². The molecule has 2 aromatic heterocycles. The molecule has 41 heavy (non-hydrogen) atoms. The lowest BCUT2D eigenvalue weighted by Gasteiger charge is -2.37. The summed E-state index contributed by atoms with van der Waals surface area (Å²) in [5.74, 6) is 1.98. The van der Waals surface area contributed by atoms with Crippen molar-refractivity contribution in [2.45, 2.75) is 0 Å². The van der Waals surface area contributed by atoms with Crippen LogP contribution in [0, 0.1) is 0 Å². The molecular weight excluding hydrogens is 499 g/mol. The van der Waals surface area contributed by atoms with E-state index in [1.807, 2.05) is 0 Å². The van der Waals surface area contributed by atoms with Crippen LogP contribution in [0.1, 0.15) is 0 Å². The van der Waals surface area contributed by atoms with E-state index >= 15 is 0 Å². The molecule has 0 fully saturated rings. The third kappa shape index (κ3) is 2.26. The second-order valence-electron chi connectivity index (χ2n) is 11.4. The highest BCUT2D eigenvalue weighted by atomic mass is 15.1. The molecule has 4 nitrogen and oxygen atoms in total. The van der Waals surface area contributed by atoms with Gasteiger partial charge in [0.2, 0.25) is 0 Å². The minimum Gasteiger partial charge on any atom is -0.293 e. The summed E-state index contributed by atoms with van der Waals surface area (Å²) in [5, 5.41) is 2.61. The van der Waals surface area contributed by atoms with Crippen molar-refractivity contribution in [3.05, 3.63) is 115 Å². The maximum Gasteiger partial charge on any atom is 0.254 e. The Morgan fingerprint density at radius 2 is 1.12 bits per heavy atom. The highest BCUT2D eigenvalue weighted by molar-refractivity contribution is 7.03. The van der Waals surface area contributed by atoms with E-state index in [1.165, 1.54) is 60.7 Å². The van der Waals surface area contributed by atoms with Crippen LogP contribution >= 0.6 is 0 Å². The fraction of sp³-hybridized carbons (Fsp3) is 0. The Labute approximate surface area is 235 Å². The molecule has 0 atom stereocenters. The third-order valence-corrected chi connectivity index (χ3v) is 9.44. The molecule has 11 rings (SSSR count). The lowest BCUT2D eigenvalue weighted by Crippen LogP contribution is -2.61. The topological polar surface area (TPSA) is 35.6 Å². The van der Waals surface area contributed by atoms with Gasteiger partial charge in [0, 0.05) is 22.5 Å². The first-order chi connectivity index (χ1) is 20.4. The van der Waals surface area contributed by atoms with Crippen molar-refractivity contribution < 1.29 is 0 Å². The van der Waals surface area contributed by atoms with Gasteiger partial charge in [-0.1, -0.05) is 91.0 Å². The molecule has 0 bridgehead atoms. The number of rotatable bonds is 2. The van der Waals surface area contributed by atoms with Gasteiger partial charge in [0.05, 0.1) is 22.1 Å². The summed E-state index contributed by atoms with van der Waals surface area (Å²) in [7, 11) is 0. The van der Waals surface area contributed by atoms with Crippen molar-refractivity contribution in [3.8, 4) is 45.3 Å². The van der Waals surface area contributed by atoms with Gasteiger partial charge >= 0.3 is 0 Å². The van der Waals surface area contributed by atoms with Crippen molar-refractivity contribution in [1.29, 1.82) is 0 Å². The van der Waals surface area contributed by atoms with Crippen LogP contribution in [0.3, 0.4) is 0 Å². The van der Waals surface area contributed by atoms with Crippen molar-refractivity contribution >= 4 is 55.9 Å². The molecule has 0 aliphatic carbocycles. The molecule has 0 saturated heterocycles. The van der Waals surface area contributed by atoms with Crippen LogP contribution in [-0.2, 0) is 0 Å². The molecule has 0 unspecified atom stereocenters. The lowest BCUT2D eigenvalue weighted by atomic mass is 9.31. The summed E-state index contributed by atoms with van der Waals surface area (Å²) in [6.07, 6.45) is 0. The maximum atomic E-state index is 5.33. The summed E-state index contributed by atoms with van der Waals surface area (Å²) >= 11 is 0. The quantitative estimate of drug-likeness (QED) is 0.264. The van der Waals surface area contributed by atoms with Gasteiger partial charge in [0.1, 0.15) is 11.6 Å². The van der Waals surface area contributed by atoms with E-state index in [4.69, 9.17) is 9.97 Å². The largest absolute Gasteiger partial charge is 0.293 e. The first-order valence-corrected chi connectivity index (χ1v) is 14.1. The van der Waals surface area contributed by atoms with E-state index in [9.17, 15) is 0 Å². The van der Waals surface area contributed by atoms with Crippen LogP contribution in [-0.4, -0.2) is 25.8 Å². The molecule has 5 heteroatoms. The van der Waals surface area contributed by atoms with Crippen molar-refractivity contribution in [1.82, 2.24) is 19.1 Å². The smallest absolute Gasteiger partial charge is 0.254 e. The van der Waals surface area contributed by atoms with Gasteiger partial charge in [-0.05, 0) is 62.6 Å². The molecule has 6 aromatic carbocycles. The molecule has 0 radical (unpaired) electrons. The Bertz CT molecular complexity index is 2470. The van der Waals surface area contributed by atoms with Gasteiger partial charge in [-0.3, -0.25) is 9.13 Å². The Hall–Kier alpha value is -5.42. The second kappa shape index (κ2) is 6.83. The Morgan fingerprint density at radius 3 is 1.83 bits per heavy atom. The van der Waals surface area contributed by atoms with Crippen LogP contribution in [0.25, 0.3) is 78.1 Å². The summed E-state index contributed by atoms with van der Waals surface area (Å²) in [6.45, 7) is 0.127. The van der Waals surface area contributed by atoms with Crippen LogP contribution in [0.15, 0.2) is 115 Å². The Balaban J connectivity index is 1.42. The number of hydrogen-bond acceptors (Lipinski definition) is 2. The second-order valence-corrected chi connectivity index (χ2v) is 11.4. The van der Waals surface area contributed by atoms with Crippen molar-refractivity contribution in [3.63, 3.8) is 0 Å². The number of imidazole rings is 2. The van der Waals surface area contributed by atoms with Crippen LogP contribution in [0.5, 0.6) is 0 Å². The summed E-state index contributed by atoms with van der Waals surface area (Å²) in [4.78, 5) is 10.6. The molecule has 0 amide bonds. The molecule has 186 valence electrons. The van der Waals surface area contributed by atoms with E-state index in [0.29, 0.717) is 0 Å². The molecule has 3 aliphatic rings. The molecule has 0 N–H and O–H groups in total. The zero-order valence-electron chi connectivity index (χ0n) is 21.8. The average Bonchev–Trinajstić information content (AvgIpc) is 3.62. The number of aromatic nitrogens is 4. The first-order valence-electron chi connectivity index (χ1n) is 14.1. The molecule has 5 heterocycles. The highest BCUT2D eigenvalue weighted by Crippen LogP contribution is 2.43. The van der Waals surface area contributed by atoms with Crippen LogP contribution in [0.4, 0.5) is 0 Å². The molecular formula is C36H19BN4. The predicted octanol–water partition coefficient (Wildman–Crippen LogP) is 5.98. The predicted molar refractivity (Wildman–Crippen MR) is 168 cm³/mol. The minimum atomic E-state index is 0.127. The highest BCUT2D eigenvalue weighted by Gasteiger charge is 2.45. The standard InChI is InChI=1S/C36H19BN4/c1-3-9-20(10-4-1)35-38-25-18-17-24-23-14-7-13-22-19-26-34-32(29(22)23)37-30(24)33(25)40(35)27-15-8-16-28(31(27)37)41(34)36(39-26)21-11-5-2-6-12-21/h1-19H. The number of hydrogen-bond donors (Lipinski definition) is 0. The number of fused-ring (bicyclic) bond motifs is 3. The molecule has 8 aromatic rings. The van der Waals surface area contributed by atoms with Crippen LogP contribution < -0.4 is 16.4 Å². The summed E-state index contributed by atoms with van der Waals surface area (Å²) in [5.41, 5.74) is 16.0. The summed E-state index contributed by atoms with van der Waals surface area (Å²) in [6, 6.07) is 41.5. The van der Waals surface area contributed by atoms with Gasteiger partial charge in [-0.25, -0.2) is 9.97 Å². The number of benzene rings is 6. The normalized spacial score (nSPS) is 13.3. The molecule has 3 aliphatic heterocycles. The average molecular weight is 518 g/mol. The van der Waals surface area contributed by atoms with Crippen LogP contribution in [0.2, 0.25) is 0 Å². The van der Waals surface area contributed by atoms with Gasteiger partial charge in [-0.2, -0.15) is 0 Å². The number of nitrogens with zero attached hydrogens (tertiary/aromatic N) is 4. The van der Waals surface area contributed by atoms with Gasteiger partial charge in [0.25, 0.3) is 6.71 Å². The zero-order chi connectivity index (χ0) is 26.4. The Kier molecular flexibility index (Phi) is 3.41. The van der Waals surface area contributed by atoms with Crippen molar-refractivity contribution in [2.24, 2.45) is 0 Å². The van der Waals surface area contributed by atoms with E-state index in [1.54, 1.807) is 0 Å². The maximum absolute atomic E-state index is 5.33. The minimum absolute atomic E-state index is 0.127. The van der Waals surface area contributed by atoms with E-state index < -0.39 is 0 Å². The fourth-order valence-corrected chi connectivity index (χ4v) is 7.97. The lowest BCUT2D eigenvalue weighted by molar-refractivity contribution is 1.07. The third-order valence-electron chi connectivity index (χ3n) is 9.44.